The lowest BCUT2D eigenvalue weighted by Gasteiger charge is -2.13. The van der Waals surface area contributed by atoms with Crippen LogP contribution in [-0.4, -0.2) is 6.54 Å². The molecule has 0 aliphatic rings. The summed E-state index contributed by atoms with van der Waals surface area (Å²) in [4.78, 5) is 0. The predicted octanol–water partition coefficient (Wildman–Crippen LogP) is 5.39. The lowest BCUT2D eigenvalue weighted by atomic mass is 10.2. The minimum Gasteiger partial charge on any atom is -0.457 e. The molecule has 0 saturated heterocycles. The van der Waals surface area contributed by atoms with E-state index in [1.54, 1.807) is 0 Å². The number of hydrogen-bond donors (Lipinski definition) is 1. The molecule has 0 aliphatic carbocycles. The lowest BCUT2D eigenvalue weighted by molar-refractivity contribution is 0.472. The summed E-state index contributed by atoms with van der Waals surface area (Å²) in [6.07, 6.45) is 1.09. The van der Waals surface area contributed by atoms with Crippen molar-refractivity contribution >= 4 is 27.5 Å². The zero-order valence-corrected chi connectivity index (χ0v) is 13.7. The van der Waals surface area contributed by atoms with Gasteiger partial charge in [-0.1, -0.05) is 46.6 Å². The van der Waals surface area contributed by atoms with Gasteiger partial charge < -0.3 is 10.1 Å². The van der Waals surface area contributed by atoms with E-state index < -0.39 is 0 Å². The van der Waals surface area contributed by atoms with Gasteiger partial charge in [0, 0.05) is 21.6 Å². The molecule has 0 aliphatic heterocycles. The molecule has 0 heterocycles. The SMILES string of the molecule is CCCNCc1c(Cl)cccc1Oc1cccc(Br)c1. The second-order valence-electron chi connectivity index (χ2n) is 4.45. The van der Waals surface area contributed by atoms with Gasteiger partial charge in [-0.25, -0.2) is 0 Å². The van der Waals surface area contributed by atoms with Gasteiger partial charge in [0.25, 0.3) is 0 Å². The second kappa shape index (κ2) is 7.67. The van der Waals surface area contributed by atoms with Crippen molar-refractivity contribution in [3.05, 3.63) is 57.5 Å². The first-order valence-corrected chi connectivity index (χ1v) is 7.79. The van der Waals surface area contributed by atoms with Gasteiger partial charge in [-0.15, -0.1) is 0 Å². The molecule has 0 unspecified atom stereocenters. The maximum atomic E-state index is 6.28. The van der Waals surface area contributed by atoms with Crippen molar-refractivity contribution in [2.24, 2.45) is 0 Å². The van der Waals surface area contributed by atoms with Crippen molar-refractivity contribution in [2.75, 3.05) is 6.54 Å². The van der Waals surface area contributed by atoms with Gasteiger partial charge >= 0.3 is 0 Å². The molecule has 2 nitrogen and oxygen atoms in total. The van der Waals surface area contributed by atoms with E-state index in [1.165, 1.54) is 0 Å². The predicted molar refractivity (Wildman–Crippen MR) is 87.7 cm³/mol. The average Bonchev–Trinajstić information content (AvgIpc) is 2.42. The summed E-state index contributed by atoms with van der Waals surface area (Å²) < 4.78 is 6.94. The van der Waals surface area contributed by atoms with Crippen molar-refractivity contribution in [3.63, 3.8) is 0 Å². The van der Waals surface area contributed by atoms with E-state index in [-0.39, 0.29) is 0 Å². The molecule has 0 saturated carbocycles. The summed E-state index contributed by atoms with van der Waals surface area (Å²) in [6, 6.07) is 13.5. The first-order valence-electron chi connectivity index (χ1n) is 6.62. The normalized spacial score (nSPS) is 10.6. The number of rotatable bonds is 6. The van der Waals surface area contributed by atoms with E-state index in [1.807, 2.05) is 42.5 Å². The fraction of sp³-hybridized carbons (Fsp3) is 0.250. The molecule has 1 N–H and O–H groups in total. The van der Waals surface area contributed by atoms with Crippen LogP contribution in [0.2, 0.25) is 5.02 Å². The van der Waals surface area contributed by atoms with Gasteiger partial charge in [-0.2, -0.15) is 0 Å². The van der Waals surface area contributed by atoms with Gasteiger partial charge in [0.1, 0.15) is 11.5 Å². The van der Waals surface area contributed by atoms with E-state index in [0.29, 0.717) is 6.54 Å². The summed E-state index contributed by atoms with van der Waals surface area (Å²) in [5.41, 5.74) is 0.989. The molecule has 0 aromatic heterocycles. The Morgan fingerprint density at radius 2 is 2.00 bits per heavy atom. The first-order chi connectivity index (χ1) is 9.70. The average molecular weight is 355 g/mol. The number of hydrogen-bond acceptors (Lipinski definition) is 2. The van der Waals surface area contributed by atoms with Gasteiger partial charge in [-0.05, 0) is 43.3 Å². The van der Waals surface area contributed by atoms with E-state index in [2.05, 4.69) is 28.2 Å². The van der Waals surface area contributed by atoms with Crippen LogP contribution in [0.3, 0.4) is 0 Å². The second-order valence-corrected chi connectivity index (χ2v) is 5.78. The molecule has 0 bridgehead atoms. The molecule has 0 atom stereocenters. The summed E-state index contributed by atoms with van der Waals surface area (Å²) in [5, 5.41) is 4.08. The van der Waals surface area contributed by atoms with E-state index >= 15 is 0 Å². The van der Waals surface area contributed by atoms with Crippen LogP contribution in [0.25, 0.3) is 0 Å². The quantitative estimate of drug-likeness (QED) is 0.702. The number of halogens is 2. The van der Waals surface area contributed by atoms with E-state index in [9.17, 15) is 0 Å². The van der Waals surface area contributed by atoms with Crippen LogP contribution in [0, 0.1) is 0 Å². The smallest absolute Gasteiger partial charge is 0.133 e. The number of nitrogens with one attached hydrogen (secondary N) is 1. The van der Waals surface area contributed by atoms with Crippen molar-refractivity contribution < 1.29 is 4.74 Å². The van der Waals surface area contributed by atoms with Crippen LogP contribution in [-0.2, 0) is 6.54 Å². The largest absolute Gasteiger partial charge is 0.457 e. The fourth-order valence-electron chi connectivity index (χ4n) is 1.85. The highest BCUT2D eigenvalue weighted by atomic mass is 79.9. The van der Waals surface area contributed by atoms with Gasteiger partial charge in [0.15, 0.2) is 0 Å². The van der Waals surface area contributed by atoms with Gasteiger partial charge in [0.05, 0.1) is 0 Å². The Kier molecular flexibility index (Phi) is 5.89. The highest BCUT2D eigenvalue weighted by molar-refractivity contribution is 9.10. The molecule has 2 aromatic carbocycles. The Labute approximate surface area is 133 Å². The van der Waals surface area contributed by atoms with Crippen molar-refractivity contribution in [2.45, 2.75) is 19.9 Å². The van der Waals surface area contributed by atoms with Crippen LogP contribution in [0.1, 0.15) is 18.9 Å². The molecule has 0 radical (unpaired) electrons. The van der Waals surface area contributed by atoms with E-state index in [0.717, 1.165) is 39.5 Å². The number of benzene rings is 2. The summed E-state index contributed by atoms with van der Waals surface area (Å²) in [7, 11) is 0. The highest BCUT2D eigenvalue weighted by Crippen LogP contribution is 2.31. The third-order valence-electron chi connectivity index (χ3n) is 2.83. The highest BCUT2D eigenvalue weighted by Gasteiger charge is 2.09. The van der Waals surface area contributed by atoms with Crippen molar-refractivity contribution in [3.8, 4) is 11.5 Å². The molecule has 106 valence electrons. The Morgan fingerprint density at radius 1 is 1.20 bits per heavy atom. The monoisotopic (exact) mass is 353 g/mol. The zero-order valence-electron chi connectivity index (χ0n) is 11.3. The Hall–Kier alpha value is -1.03. The summed E-state index contributed by atoms with van der Waals surface area (Å²) in [6.45, 7) is 3.80. The third-order valence-corrected chi connectivity index (χ3v) is 3.68. The minimum absolute atomic E-state index is 0.705. The van der Waals surface area contributed by atoms with Crippen molar-refractivity contribution in [1.82, 2.24) is 5.32 Å². The van der Waals surface area contributed by atoms with Gasteiger partial charge in [-0.3, -0.25) is 0 Å². The fourth-order valence-corrected chi connectivity index (χ4v) is 2.46. The van der Waals surface area contributed by atoms with Crippen LogP contribution >= 0.6 is 27.5 Å². The molecule has 0 amide bonds. The maximum absolute atomic E-state index is 6.28. The van der Waals surface area contributed by atoms with Crippen LogP contribution in [0.4, 0.5) is 0 Å². The molecule has 0 spiro atoms. The minimum atomic E-state index is 0.705. The standard InChI is InChI=1S/C16H17BrClNO/c1-2-9-19-11-14-15(18)7-4-8-16(14)20-13-6-3-5-12(17)10-13/h3-8,10,19H,2,9,11H2,1H3. The summed E-state index contributed by atoms with van der Waals surface area (Å²) in [5.74, 6) is 1.58. The lowest BCUT2D eigenvalue weighted by Crippen LogP contribution is -2.14. The molecule has 2 aromatic rings. The number of ether oxygens (including phenoxy) is 1. The Morgan fingerprint density at radius 3 is 2.75 bits per heavy atom. The first kappa shape index (κ1) is 15.4. The molecule has 20 heavy (non-hydrogen) atoms. The summed E-state index contributed by atoms with van der Waals surface area (Å²) >= 11 is 9.72. The molecule has 2 rings (SSSR count). The van der Waals surface area contributed by atoms with Crippen LogP contribution in [0.5, 0.6) is 11.5 Å². The van der Waals surface area contributed by atoms with Crippen LogP contribution < -0.4 is 10.1 Å². The van der Waals surface area contributed by atoms with Gasteiger partial charge in [0.2, 0.25) is 0 Å². The third kappa shape index (κ3) is 4.23. The maximum Gasteiger partial charge on any atom is 0.133 e. The van der Waals surface area contributed by atoms with E-state index in [4.69, 9.17) is 16.3 Å². The molecule has 0 fully saturated rings. The molecular weight excluding hydrogens is 338 g/mol. The topological polar surface area (TPSA) is 21.3 Å². The van der Waals surface area contributed by atoms with Crippen molar-refractivity contribution in [1.29, 1.82) is 0 Å². The zero-order chi connectivity index (χ0) is 14.4. The Balaban J connectivity index is 2.20. The Bertz CT molecular complexity index is 574. The molecular formula is C16H17BrClNO. The van der Waals surface area contributed by atoms with Crippen LogP contribution in [0.15, 0.2) is 46.9 Å². The molecule has 4 heteroatoms.